The summed E-state index contributed by atoms with van der Waals surface area (Å²) in [6.07, 6.45) is 0. The summed E-state index contributed by atoms with van der Waals surface area (Å²) in [7, 11) is 0. The Morgan fingerprint density at radius 2 is 1.54 bits per heavy atom. The van der Waals surface area contributed by atoms with Crippen LogP contribution in [0, 0.1) is 6.92 Å². The van der Waals surface area contributed by atoms with Gasteiger partial charge in [-0.25, -0.2) is 0 Å². The number of benzene rings is 2. The van der Waals surface area contributed by atoms with Crippen molar-refractivity contribution in [2.75, 3.05) is 31.1 Å². The molecular weight excluding hydrogens is 322 g/mol. The van der Waals surface area contributed by atoms with Crippen LogP contribution < -0.4 is 10.2 Å². The van der Waals surface area contributed by atoms with Crippen LogP contribution >= 0.6 is 0 Å². The lowest BCUT2D eigenvalue weighted by Gasteiger charge is -2.39. The van der Waals surface area contributed by atoms with E-state index in [1.807, 2.05) is 32.0 Å². The molecular formula is C22H29N3O. The number of piperazine rings is 1. The van der Waals surface area contributed by atoms with Crippen molar-refractivity contribution < 1.29 is 4.79 Å². The number of hydrogen-bond donors (Lipinski definition) is 1. The average Bonchev–Trinajstić information content (AvgIpc) is 2.68. The molecule has 1 saturated heterocycles. The number of para-hydroxylation sites is 1. The van der Waals surface area contributed by atoms with Crippen LogP contribution in [0.2, 0.25) is 0 Å². The molecule has 1 aliphatic rings. The molecule has 2 unspecified atom stereocenters. The predicted molar refractivity (Wildman–Crippen MR) is 107 cm³/mol. The Labute approximate surface area is 156 Å². The van der Waals surface area contributed by atoms with Gasteiger partial charge in [-0.3, -0.25) is 9.69 Å². The summed E-state index contributed by atoms with van der Waals surface area (Å²) >= 11 is 0. The Morgan fingerprint density at radius 3 is 2.19 bits per heavy atom. The molecule has 0 spiro atoms. The van der Waals surface area contributed by atoms with E-state index in [2.05, 4.69) is 58.4 Å². The summed E-state index contributed by atoms with van der Waals surface area (Å²) in [6.45, 7) is 9.92. The van der Waals surface area contributed by atoms with Crippen LogP contribution in [0.5, 0.6) is 0 Å². The van der Waals surface area contributed by atoms with Crippen LogP contribution in [-0.4, -0.2) is 43.0 Å². The van der Waals surface area contributed by atoms with Crippen LogP contribution in [0.3, 0.4) is 0 Å². The van der Waals surface area contributed by atoms with Gasteiger partial charge in [0.15, 0.2) is 0 Å². The number of aryl methyl sites for hydroxylation is 1. The number of hydrogen-bond acceptors (Lipinski definition) is 3. The topological polar surface area (TPSA) is 35.6 Å². The number of carbonyl (C=O) groups excluding carboxylic acids is 1. The largest absolute Gasteiger partial charge is 0.369 e. The van der Waals surface area contributed by atoms with Gasteiger partial charge >= 0.3 is 0 Å². The van der Waals surface area contributed by atoms with Crippen molar-refractivity contribution in [2.45, 2.75) is 32.9 Å². The van der Waals surface area contributed by atoms with E-state index in [1.54, 1.807) is 0 Å². The highest BCUT2D eigenvalue weighted by atomic mass is 16.2. The zero-order valence-electron chi connectivity index (χ0n) is 16.0. The van der Waals surface area contributed by atoms with E-state index in [0.717, 1.165) is 31.7 Å². The number of nitrogens with one attached hydrogen (secondary N) is 1. The molecule has 0 aliphatic carbocycles. The average molecular weight is 351 g/mol. The van der Waals surface area contributed by atoms with Gasteiger partial charge in [-0.2, -0.15) is 0 Å². The van der Waals surface area contributed by atoms with E-state index in [-0.39, 0.29) is 18.0 Å². The quantitative estimate of drug-likeness (QED) is 0.897. The second-order valence-electron chi connectivity index (χ2n) is 7.13. The van der Waals surface area contributed by atoms with Gasteiger partial charge in [-0.05, 0) is 38.0 Å². The first-order chi connectivity index (χ1) is 12.6. The van der Waals surface area contributed by atoms with Crippen molar-refractivity contribution in [3.8, 4) is 0 Å². The maximum absolute atomic E-state index is 12.7. The first-order valence-electron chi connectivity index (χ1n) is 9.46. The van der Waals surface area contributed by atoms with Crippen LogP contribution in [-0.2, 0) is 4.79 Å². The lowest BCUT2D eigenvalue weighted by Crippen LogP contribution is -2.54. The summed E-state index contributed by atoms with van der Waals surface area (Å²) in [5.41, 5.74) is 3.75. The third kappa shape index (κ3) is 4.25. The van der Waals surface area contributed by atoms with Crippen molar-refractivity contribution in [3.63, 3.8) is 0 Å². The summed E-state index contributed by atoms with van der Waals surface area (Å²) in [5, 5.41) is 3.15. The molecule has 1 fully saturated rings. The third-order valence-corrected chi connectivity index (χ3v) is 5.36. The summed E-state index contributed by atoms with van der Waals surface area (Å²) in [5.74, 6) is 0.102. The number of amides is 1. The minimum atomic E-state index is -0.111. The molecule has 2 atom stereocenters. The molecule has 2 aromatic carbocycles. The molecule has 1 aliphatic heterocycles. The number of rotatable bonds is 5. The Kier molecular flexibility index (Phi) is 5.94. The SMILES string of the molecule is Cc1ccccc1N1CCN(C(C)C(=O)NC(C)c2ccccc2)CC1. The fraction of sp³-hybridized carbons (Fsp3) is 0.409. The first-order valence-corrected chi connectivity index (χ1v) is 9.46. The van der Waals surface area contributed by atoms with Crippen LogP contribution in [0.4, 0.5) is 5.69 Å². The zero-order chi connectivity index (χ0) is 18.5. The second-order valence-corrected chi connectivity index (χ2v) is 7.13. The summed E-state index contributed by atoms with van der Waals surface area (Å²) < 4.78 is 0. The molecule has 1 amide bonds. The molecule has 0 radical (unpaired) electrons. The predicted octanol–water partition coefficient (Wildman–Crippen LogP) is 3.38. The maximum Gasteiger partial charge on any atom is 0.237 e. The van der Waals surface area contributed by atoms with Crippen molar-refractivity contribution in [1.29, 1.82) is 0 Å². The van der Waals surface area contributed by atoms with E-state index < -0.39 is 0 Å². The van der Waals surface area contributed by atoms with Gasteiger partial charge in [0.05, 0.1) is 12.1 Å². The normalized spacial score (nSPS) is 17.6. The van der Waals surface area contributed by atoms with Gasteiger partial charge in [0.25, 0.3) is 0 Å². The van der Waals surface area contributed by atoms with Crippen molar-refractivity contribution in [3.05, 3.63) is 65.7 Å². The van der Waals surface area contributed by atoms with Crippen LogP contribution in [0.1, 0.15) is 31.0 Å². The van der Waals surface area contributed by atoms with E-state index in [1.165, 1.54) is 11.3 Å². The molecule has 0 saturated carbocycles. The summed E-state index contributed by atoms with van der Waals surface area (Å²) in [6, 6.07) is 18.5. The van der Waals surface area contributed by atoms with Crippen molar-refractivity contribution in [2.24, 2.45) is 0 Å². The molecule has 138 valence electrons. The molecule has 1 heterocycles. The molecule has 4 heteroatoms. The fourth-order valence-electron chi connectivity index (χ4n) is 3.59. The Hall–Kier alpha value is -2.33. The standard InChI is InChI=1S/C22H29N3O/c1-17-9-7-8-12-21(17)25-15-13-24(14-16-25)19(3)22(26)23-18(2)20-10-5-4-6-11-20/h4-12,18-19H,13-16H2,1-3H3,(H,23,26). The minimum absolute atomic E-state index is 0.0272. The Bertz CT molecular complexity index is 723. The molecule has 1 N–H and O–H groups in total. The lowest BCUT2D eigenvalue weighted by molar-refractivity contribution is -0.126. The smallest absolute Gasteiger partial charge is 0.237 e. The van der Waals surface area contributed by atoms with Gasteiger partial charge in [0.2, 0.25) is 5.91 Å². The second kappa shape index (κ2) is 8.37. The van der Waals surface area contributed by atoms with E-state index in [4.69, 9.17) is 0 Å². The molecule has 3 rings (SSSR count). The minimum Gasteiger partial charge on any atom is -0.369 e. The highest BCUT2D eigenvalue weighted by Crippen LogP contribution is 2.21. The zero-order valence-corrected chi connectivity index (χ0v) is 16.0. The van der Waals surface area contributed by atoms with Gasteiger partial charge in [-0.15, -0.1) is 0 Å². The Balaban J connectivity index is 1.54. The molecule has 0 bridgehead atoms. The molecule has 0 aromatic heterocycles. The molecule has 26 heavy (non-hydrogen) atoms. The number of carbonyl (C=O) groups is 1. The van der Waals surface area contributed by atoms with Crippen LogP contribution in [0.25, 0.3) is 0 Å². The van der Waals surface area contributed by atoms with Crippen LogP contribution in [0.15, 0.2) is 54.6 Å². The van der Waals surface area contributed by atoms with Crippen molar-refractivity contribution >= 4 is 11.6 Å². The van der Waals surface area contributed by atoms with E-state index in [9.17, 15) is 4.79 Å². The maximum atomic E-state index is 12.7. The molecule has 4 nitrogen and oxygen atoms in total. The van der Waals surface area contributed by atoms with Gasteiger partial charge in [0, 0.05) is 31.9 Å². The fourth-order valence-corrected chi connectivity index (χ4v) is 3.59. The van der Waals surface area contributed by atoms with Gasteiger partial charge in [-0.1, -0.05) is 48.5 Å². The van der Waals surface area contributed by atoms with E-state index >= 15 is 0 Å². The lowest BCUT2D eigenvalue weighted by atomic mass is 10.1. The number of anilines is 1. The van der Waals surface area contributed by atoms with Gasteiger partial charge in [0.1, 0.15) is 0 Å². The number of nitrogens with zero attached hydrogens (tertiary/aromatic N) is 2. The van der Waals surface area contributed by atoms with Crippen molar-refractivity contribution in [1.82, 2.24) is 10.2 Å². The summed E-state index contributed by atoms with van der Waals surface area (Å²) in [4.78, 5) is 17.4. The highest BCUT2D eigenvalue weighted by Gasteiger charge is 2.26. The first kappa shape index (κ1) is 18.5. The monoisotopic (exact) mass is 351 g/mol. The molecule has 2 aromatic rings. The van der Waals surface area contributed by atoms with Gasteiger partial charge < -0.3 is 10.2 Å². The Morgan fingerprint density at radius 1 is 0.923 bits per heavy atom. The van der Waals surface area contributed by atoms with E-state index in [0.29, 0.717) is 0 Å². The third-order valence-electron chi connectivity index (χ3n) is 5.36. The highest BCUT2D eigenvalue weighted by molar-refractivity contribution is 5.81.